The van der Waals surface area contributed by atoms with Crippen LogP contribution in [0.5, 0.6) is 0 Å². The molecular weight excluding hydrogens is 447 g/mol. The molecule has 0 aliphatic heterocycles. The van der Waals surface area contributed by atoms with E-state index in [1.807, 2.05) is 0 Å². The summed E-state index contributed by atoms with van der Waals surface area (Å²) < 4.78 is 39.8. The summed E-state index contributed by atoms with van der Waals surface area (Å²) in [6.45, 7) is 6.55. The number of benzene rings is 1. The van der Waals surface area contributed by atoms with Gasteiger partial charge < -0.3 is 16.2 Å². The predicted molar refractivity (Wildman–Crippen MR) is 121 cm³/mol. The standard InChI is InChI=1S/C24H30F3N5O2/c1-23(2,3)11-14-4-9-19(16(10-14)12-28)32-13-18(21(29)34)22(31-32)30-17-7-5-15(6-8-17)20(33)24(25,26)27/h5-8,13-14,16,19-20,33H,4,9-11H2,1-3H3,(H2,29,34)(H,30,31)/t14-,16-,19+,20+/m1/s1. The van der Waals surface area contributed by atoms with Crippen molar-refractivity contribution in [1.82, 2.24) is 9.78 Å². The van der Waals surface area contributed by atoms with Crippen LogP contribution in [0.25, 0.3) is 0 Å². The summed E-state index contributed by atoms with van der Waals surface area (Å²) in [6, 6.07) is 7.17. The lowest BCUT2D eigenvalue weighted by Gasteiger charge is -2.35. The van der Waals surface area contributed by atoms with Crippen LogP contribution in [0.2, 0.25) is 0 Å². The molecule has 1 aliphatic carbocycles. The Morgan fingerprint density at radius 1 is 1.29 bits per heavy atom. The lowest BCUT2D eigenvalue weighted by molar-refractivity contribution is -0.206. The Kier molecular flexibility index (Phi) is 7.26. The molecule has 10 heteroatoms. The van der Waals surface area contributed by atoms with E-state index in [2.05, 4.69) is 37.3 Å². The number of alkyl halides is 3. The molecule has 4 N–H and O–H groups in total. The number of aromatic nitrogens is 2. The molecule has 1 aromatic heterocycles. The summed E-state index contributed by atoms with van der Waals surface area (Å²) in [4.78, 5) is 12.0. The third-order valence-electron chi connectivity index (χ3n) is 6.13. The molecule has 1 fully saturated rings. The number of primary amides is 1. The Hall–Kier alpha value is -3.06. The molecule has 0 bridgehead atoms. The molecule has 0 saturated heterocycles. The highest BCUT2D eigenvalue weighted by Crippen LogP contribution is 2.42. The molecular formula is C24H30F3N5O2. The number of carbonyl (C=O) groups is 1. The molecule has 4 atom stereocenters. The van der Waals surface area contributed by atoms with Crippen LogP contribution in [0.15, 0.2) is 30.5 Å². The minimum absolute atomic E-state index is 0.118. The minimum Gasteiger partial charge on any atom is -0.379 e. The lowest BCUT2D eigenvalue weighted by atomic mass is 9.72. The maximum absolute atomic E-state index is 12.7. The molecule has 0 spiro atoms. The van der Waals surface area contributed by atoms with E-state index < -0.39 is 18.2 Å². The molecule has 2 aromatic rings. The molecule has 1 amide bonds. The molecule has 3 rings (SSSR count). The number of aliphatic hydroxyl groups is 1. The van der Waals surface area contributed by atoms with Gasteiger partial charge in [-0.25, -0.2) is 0 Å². The van der Waals surface area contributed by atoms with Crippen molar-refractivity contribution in [3.8, 4) is 6.07 Å². The highest BCUT2D eigenvalue weighted by atomic mass is 19.4. The second-order valence-electron chi connectivity index (χ2n) is 10.2. The number of nitrogens with two attached hydrogens (primary N) is 1. The number of nitrogens with one attached hydrogen (secondary N) is 1. The van der Waals surface area contributed by atoms with E-state index in [1.54, 1.807) is 4.68 Å². The number of aliphatic hydroxyl groups excluding tert-OH is 1. The molecule has 184 valence electrons. The fourth-order valence-electron chi connectivity index (χ4n) is 4.66. The predicted octanol–water partition coefficient (Wildman–Crippen LogP) is 5.24. The van der Waals surface area contributed by atoms with Crippen molar-refractivity contribution in [3.63, 3.8) is 0 Å². The zero-order chi connectivity index (χ0) is 25.3. The third-order valence-corrected chi connectivity index (χ3v) is 6.13. The first-order chi connectivity index (χ1) is 15.8. The molecule has 1 aromatic carbocycles. The Morgan fingerprint density at radius 2 is 1.94 bits per heavy atom. The van der Waals surface area contributed by atoms with E-state index in [0.717, 1.165) is 37.8 Å². The van der Waals surface area contributed by atoms with Gasteiger partial charge in [0.1, 0.15) is 5.56 Å². The van der Waals surface area contributed by atoms with Crippen molar-refractivity contribution in [2.24, 2.45) is 23.0 Å². The van der Waals surface area contributed by atoms with Gasteiger partial charge in [0, 0.05) is 11.9 Å². The first-order valence-corrected chi connectivity index (χ1v) is 11.2. The summed E-state index contributed by atoms with van der Waals surface area (Å²) in [5, 5.41) is 26.6. The van der Waals surface area contributed by atoms with E-state index in [9.17, 15) is 28.3 Å². The monoisotopic (exact) mass is 477 g/mol. The summed E-state index contributed by atoms with van der Waals surface area (Å²) in [7, 11) is 0. The minimum atomic E-state index is -4.77. The number of nitrogens with zero attached hydrogens (tertiary/aromatic N) is 3. The number of hydrogen-bond acceptors (Lipinski definition) is 5. The highest BCUT2D eigenvalue weighted by Gasteiger charge is 2.39. The van der Waals surface area contributed by atoms with Crippen molar-refractivity contribution in [1.29, 1.82) is 5.26 Å². The first kappa shape index (κ1) is 25.6. The van der Waals surface area contributed by atoms with Gasteiger partial charge in [-0.05, 0) is 54.7 Å². The van der Waals surface area contributed by atoms with Crippen LogP contribution in [0.1, 0.15) is 74.5 Å². The van der Waals surface area contributed by atoms with Gasteiger partial charge >= 0.3 is 6.18 Å². The van der Waals surface area contributed by atoms with Crippen LogP contribution in [0, 0.1) is 28.6 Å². The van der Waals surface area contributed by atoms with Gasteiger partial charge in [0.15, 0.2) is 11.9 Å². The summed E-state index contributed by atoms with van der Waals surface area (Å²) in [5.41, 5.74) is 5.88. The van der Waals surface area contributed by atoms with E-state index in [-0.39, 0.29) is 34.3 Å². The number of amides is 1. The Balaban J connectivity index is 1.80. The van der Waals surface area contributed by atoms with Crippen LogP contribution in [-0.2, 0) is 0 Å². The largest absolute Gasteiger partial charge is 0.418 e. The average molecular weight is 478 g/mol. The molecule has 1 saturated carbocycles. The molecule has 34 heavy (non-hydrogen) atoms. The summed E-state index contributed by atoms with van der Waals surface area (Å²) in [6.07, 6.45) is -2.38. The van der Waals surface area contributed by atoms with Gasteiger partial charge in [0.2, 0.25) is 0 Å². The van der Waals surface area contributed by atoms with Gasteiger partial charge in [-0.15, -0.1) is 0 Å². The number of carbonyl (C=O) groups excluding carboxylic acids is 1. The fraction of sp³-hybridized carbons (Fsp3) is 0.542. The quantitative estimate of drug-likeness (QED) is 0.526. The fourth-order valence-corrected chi connectivity index (χ4v) is 4.66. The lowest BCUT2D eigenvalue weighted by Crippen LogP contribution is -2.29. The van der Waals surface area contributed by atoms with Crippen molar-refractivity contribution >= 4 is 17.4 Å². The van der Waals surface area contributed by atoms with Gasteiger partial charge in [0.25, 0.3) is 5.91 Å². The maximum Gasteiger partial charge on any atom is 0.418 e. The number of nitriles is 1. The third kappa shape index (κ3) is 6.08. The van der Waals surface area contributed by atoms with Crippen LogP contribution < -0.4 is 11.1 Å². The van der Waals surface area contributed by atoms with Gasteiger partial charge in [0.05, 0.1) is 18.0 Å². The molecule has 0 radical (unpaired) electrons. The molecule has 1 aliphatic rings. The van der Waals surface area contributed by atoms with Crippen LogP contribution in [0.4, 0.5) is 24.7 Å². The topological polar surface area (TPSA) is 117 Å². The average Bonchev–Trinajstić information content (AvgIpc) is 3.15. The second kappa shape index (κ2) is 9.66. The summed E-state index contributed by atoms with van der Waals surface area (Å²) >= 11 is 0. The highest BCUT2D eigenvalue weighted by molar-refractivity contribution is 5.98. The van der Waals surface area contributed by atoms with E-state index in [4.69, 9.17) is 5.73 Å². The molecule has 1 heterocycles. The molecule has 0 unspecified atom stereocenters. The number of anilines is 2. The van der Waals surface area contributed by atoms with Crippen LogP contribution >= 0.6 is 0 Å². The second-order valence-corrected chi connectivity index (χ2v) is 10.2. The molecule has 7 nitrogen and oxygen atoms in total. The zero-order valence-electron chi connectivity index (χ0n) is 19.4. The maximum atomic E-state index is 12.7. The number of rotatable bonds is 6. The van der Waals surface area contributed by atoms with Crippen LogP contribution in [-0.4, -0.2) is 27.0 Å². The normalized spacial score (nSPS) is 22.1. The van der Waals surface area contributed by atoms with Crippen molar-refractivity contribution in [2.75, 3.05) is 5.32 Å². The Bertz CT molecular complexity index is 1050. The number of halogens is 3. The van der Waals surface area contributed by atoms with E-state index in [1.165, 1.54) is 18.3 Å². The smallest absolute Gasteiger partial charge is 0.379 e. The summed E-state index contributed by atoms with van der Waals surface area (Å²) in [5.74, 6) is -0.383. The zero-order valence-corrected chi connectivity index (χ0v) is 19.4. The van der Waals surface area contributed by atoms with E-state index in [0.29, 0.717) is 11.6 Å². The van der Waals surface area contributed by atoms with E-state index >= 15 is 0 Å². The van der Waals surface area contributed by atoms with Gasteiger partial charge in [-0.1, -0.05) is 32.9 Å². The van der Waals surface area contributed by atoms with Crippen molar-refractivity contribution < 1.29 is 23.1 Å². The van der Waals surface area contributed by atoms with Crippen LogP contribution in [0.3, 0.4) is 0 Å². The van der Waals surface area contributed by atoms with Gasteiger partial charge in [-0.2, -0.15) is 23.5 Å². The van der Waals surface area contributed by atoms with Gasteiger partial charge in [-0.3, -0.25) is 9.48 Å². The Morgan fingerprint density at radius 3 is 2.47 bits per heavy atom. The van der Waals surface area contributed by atoms with Crippen molar-refractivity contribution in [3.05, 3.63) is 41.6 Å². The Labute approximate surface area is 196 Å². The number of hydrogen-bond donors (Lipinski definition) is 3. The SMILES string of the molecule is CC(C)(C)C[C@@H]1CC[C@H](n2cc(C(N)=O)c(Nc3ccc([C@H](O)C(F)(F)F)cc3)n2)[C@@H](C#N)C1. The first-order valence-electron chi connectivity index (χ1n) is 11.2. The van der Waals surface area contributed by atoms with Crippen molar-refractivity contribution in [2.45, 2.75) is 64.8 Å².